The molecule has 0 amide bonds. The summed E-state index contributed by atoms with van der Waals surface area (Å²) in [5, 5.41) is 13.9. The minimum Gasteiger partial charge on any atom is -0.477 e. The van der Waals surface area contributed by atoms with Crippen LogP contribution in [0, 0.1) is 0 Å². The molecule has 0 aliphatic rings. The Labute approximate surface area is 116 Å². The highest BCUT2D eigenvalue weighted by Crippen LogP contribution is 2.33. The van der Waals surface area contributed by atoms with E-state index >= 15 is 0 Å². The summed E-state index contributed by atoms with van der Waals surface area (Å²) in [7, 11) is 0. The van der Waals surface area contributed by atoms with E-state index in [-0.39, 0.29) is 5.56 Å². The van der Waals surface area contributed by atoms with Crippen molar-refractivity contribution < 1.29 is 14.4 Å². The molecule has 0 fully saturated rings. The molecular formula is C14H14ClNO3. The van der Waals surface area contributed by atoms with Crippen LogP contribution in [0.4, 0.5) is 0 Å². The number of benzene rings is 1. The van der Waals surface area contributed by atoms with Gasteiger partial charge in [0.25, 0.3) is 0 Å². The Balaban J connectivity index is 2.62. The van der Waals surface area contributed by atoms with E-state index in [4.69, 9.17) is 16.1 Å². The molecule has 0 spiro atoms. The first-order valence-corrected chi connectivity index (χ1v) is 6.18. The van der Waals surface area contributed by atoms with Crippen LogP contribution < -0.4 is 0 Å². The minimum absolute atomic E-state index is 0.106. The topological polar surface area (TPSA) is 63.3 Å². The van der Waals surface area contributed by atoms with E-state index in [0.717, 1.165) is 0 Å². The molecule has 0 aliphatic carbocycles. The lowest BCUT2D eigenvalue weighted by Crippen LogP contribution is -2.15. The van der Waals surface area contributed by atoms with Gasteiger partial charge in [-0.1, -0.05) is 49.7 Å². The third-order valence-corrected chi connectivity index (χ3v) is 2.96. The molecule has 19 heavy (non-hydrogen) atoms. The summed E-state index contributed by atoms with van der Waals surface area (Å²) >= 11 is 5.82. The summed E-state index contributed by atoms with van der Waals surface area (Å²) in [5.41, 5.74) is 0.677. The van der Waals surface area contributed by atoms with Gasteiger partial charge < -0.3 is 9.63 Å². The average Bonchev–Trinajstić information content (AvgIpc) is 2.74. The number of hydrogen-bond acceptors (Lipinski definition) is 3. The third kappa shape index (κ3) is 2.63. The molecule has 0 saturated carbocycles. The zero-order chi connectivity index (χ0) is 14.2. The van der Waals surface area contributed by atoms with Gasteiger partial charge in [0.05, 0.1) is 0 Å². The first-order valence-electron chi connectivity index (χ1n) is 5.80. The van der Waals surface area contributed by atoms with E-state index in [1.165, 1.54) is 0 Å². The van der Waals surface area contributed by atoms with Gasteiger partial charge in [0, 0.05) is 16.0 Å². The molecular weight excluding hydrogens is 266 g/mol. The fourth-order valence-corrected chi connectivity index (χ4v) is 1.93. The van der Waals surface area contributed by atoms with Gasteiger partial charge in [0.2, 0.25) is 0 Å². The summed E-state index contributed by atoms with van der Waals surface area (Å²) < 4.78 is 5.24. The lowest BCUT2D eigenvalue weighted by Gasteiger charge is -2.14. The van der Waals surface area contributed by atoms with Crippen LogP contribution in [0.15, 0.2) is 28.8 Å². The standard InChI is InChI=1S/C14H14ClNO3/c1-14(2,3)12-10(13(17)18)11(16-19-12)8-4-6-9(15)7-5-8/h4-7H,1-3H3,(H,17,18). The predicted octanol–water partition coefficient (Wildman–Crippen LogP) is 3.99. The minimum atomic E-state index is -1.05. The van der Waals surface area contributed by atoms with Crippen molar-refractivity contribution in [3.05, 3.63) is 40.6 Å². The second-order valence-corrected chi connectivity index (χ2v) is 5.73. The highest BCUT2D eigenvalue weighted by molar-refractivity contribution is 6.30. The SMILES string of the molecule is CC(C)(C)c1onc(-c2ccc(Cl)cc2)c1C(=O)O. The number of carbonyl (C=O) groups is 1. The molecule has 5 heteroatoms. The summed E-state index contributed by atoms with van der Waals surface area (Å²) in [4.78, 5) is 11.5. The van der Waals surface area contributed by atoms with Crippen molar-refractivity contribution >= 4 is 17.6 Å². The van der Waals surface area contributed by atoms with E-state index in [9.17, 15) is 9.90 Å². The third-order valence-electron chi connectivity index (χ3n) is 2.70. The predicted molar refractivity (Wildman–Crippen MR) is 72.6 cm³/mol. The molecule has 2 aromatic rings. The number of nitrogens with zero attached hydrogens (tertiary/aromatic N) is 1. The van der Waals surface area contributed by atoms with E-state index in [1.807, 2.05) is 20.8 Å². The molecule has 1 aromatic carbocycles. The molecule has 1 N–H and O–H groups in total. The van der Waals surface area contributed by atoms with Gasteiger partial charge in [-0.3, -0.25) is 0 Å². The van der Waals surface area contributed by atoms with Crippen LogP contribution in [0.5, 0.6) is 0 Å². The van der Waals surface area contributed by atoms with E-state index < -0.39 is 11.4 Å². The van der Waals surface area contributed by atoms with Crippen molar-refractivity contribution in [3.8, 4) is 11.3 Å². The highest BCUT2D eigenvalue weighted by Gasteiger charge is 2.31. The van der Waals surface area contributed by atoms with Gasteiger partial charge in [-0.25, -0.2) is 4.79 Å². The number of aromatic carboxylic acids is 1. The van der Waals surface area contributed by atoms with Crippen molar-refractivity contribution in [1.82, 2.24) is 5.16 Å². The molecule has 1 heterocycles. The zero-order valence-corrected chi connectivity index (χ0v) is 11.7. The number of hydrogen-bond donors (Lipinski definition) is 1. The molecule has 0 bridgehead atoms. The second-order valence-electron chi connectivity index (χ2n) is 5.30. The normalized spacial score (nSPS) is 11.6. The van der Waals surface area contributed by atoms with Crippen LogP contribution in [0.2, 0.25) is 5.02 Å². The number of halogens is 1. The fraction of sp³-hybridized carbons (Fsp3) is 0.286. The summed E-state index contributed by atoms with van der Waals surface area (Å²) in [6.07, 6.45) is 0. The van der Waals surface area contributed by atoms with Crippen molar-refractivity contribution in [2.24, 2.45) is 0 Å². The Morgan fingerprint density at radius 1 is 1.26 bits per heavy atom. The first-order chi connectivity index (χ1) is 8.80. The van der Waals surface area contributed by atoms with Crippen LogP contribution in [0.25, 0.3) is 11.3 Å². The smallest absolute Gasteiger partial charge is 0.341 e. The van der Waals surface area contributed by atoms with Crippen molar-refractivity contribution in [1.29, 1.82) is 0 Å². The molecule has 2 rings (SSSR count). The highest BCUT2D eigenvalue weighted by atomic mass is 35.5. The van der Waals surface area contributed by atoms with E-state index in [2.05, 4.69) is 5.16 Å². The Morgan fingerprint density at radius 2 is 1.84 bits per heavy atom. The monoisotopic (exact) mass is 279 g/mol. The largest absolute Gasteiger partial charge is 0.477 e. The number of carboxylic acid groups (broad SMARTS) is 1. The van der Waals surface area contributed by atoms with Crippen molar-refractivity contribution in [3.63, 3.8) is 0 Å². The molecule has 0 unspecified atom stereocenters. The Bertz CT molecular complexity index is 609. The quantitative estimate of drug-likeness (QED) is 0.903. The van der Waals surface area contributed by atoms with Gasteiger partial charge in [0.1, 0.15) is 11.3 Å². The second kappa shape index (κ2) is 4.70. The molecule has 0 aliphatic heterocycles. The Hall–Kier alpha value is -1.81. The Kier molecular flexibility index (Phi) is 3.37. The van der Waals surface area contributed by atoms with Crippen LogP contribution in [0.1, 0.15) is 36.9 Å². The maximum atomic E-state index is 11.5. The van der Waals surface area contributed by atoms with Crippen molar-refractivity contribution in [2.75, 3.05) is 0 Å². The molecule has 1 aromatic heterocycles. The molecule has 0 radical (unpaired) electrons. The van der Waals surface area contributed by atoms with E-state index in [1.54, 1.807) is 24.3 Å². The van der Waals surface area contributed by atoms with Crippen LogP contribution in [-0.2, 0) is 5.41 Å². The summed E-state index contributed by atoms with van der Waals surface area (Å²) in [6.45, 7) is 5.64. The first kappa shape index (κ1) is 13.6. The molecule has 0 atom stereocenters. The molecule has 4 nitrogen and oxygen atoms in total. The number of rotatable bonds is 2. The number of aromatic nitrogens is 1. The molecule has 100 valence electrons. The zero-order valence-electron chi connectivity index (χ0n) is 10.9. The Morgan fingerprint density at radius 3 is 2.32 bits per heavy atom. The van der Waals surface area contributed by atoms with Crippen LogP contribution >= 0.6 is 11.6 Å². The van der Waals surface area contributed by atoms with E-state index in [0.29, 0.717) is 22.0 Å². The maximum absolute atomic E-state index is 11.5. The van der Waals surface area contributed by atoms with Crippen LogP contribution in [-0.4, -0.2) is 16.2 Å². The number of carboxylic acids is 1. The summed E-state index contributed by atoms with van der Waals surface area (Å²) in [5.74, 6) is -0.680. The van der Waals surface area contributed by atoms with Gasteiger partial charge in [-0.05, 0) is 12.1 Å². The molecule has 0 saturated heterocycles. The summed E-state index contributed by atoms with van der Waals surface area (Å²) in [6, 6.07) is 6.82. The fourth-order valence-electron chi connectivity index (χ4n) is 1.81. The van der Waals surface area contributed by atoms with Gasteiger partial charge in [-0.15, -0.1) is 0 Å². The maximum Gasteiger partial charge on any atom is 0.341 e. The van der Waals surface area contributed by atoms with Gasteiger partial charge in [0.15, 0.2) is 5.76 Å². The van der Waals surface area contributed by atoms with Gasteiger partial charge >= 0.3 is 5.97 Å². The lowest BCUT2D eigenvalue weighted by molar-refractivity contribution is 0.0693. The van der Waals surface area contributed by atoms with Gasteiger partial charge in [-0.2, -0.15) is 0 Å². The lowest BCUT2D eigenvalue weighted by atomic mass is 9.89. The van der Waals surface area contributed by atoms with Crippen LogP contribution in [0.3, 0.4) is 0 Å². The van der Waals surface area contributed by atoms with Crippen molar-refractivity contribution in [2.45, 2.75) is 26.2 Å². The average molecular weight is 280 g/mol.